The van der Waals surface area contributed by atoms with Gasteiger partial charge < -0.3 is 14.4 Å². The molecule has 0 fully saturated rings. The van der Waals surface area contributed by atoms with Gasteiger partial charge in [0, 0.05) is 33.4 Å². The standard InChI is InChI=1S/C22H41NO5/c1-5-7-10-14-21(28-20(4)25)15-13-18-23(19(3)24)17-12-9-8-11-16-22(26)27-6-2/h21H,5-18H2,1-4H3. The van der Waals surface area contributed by atoms with E-state index in [1.807, 2.05) is 11.8 Å². The summed E-state index contributed by atoms with van der Waals surface area (Å²) < 4.78 is 10.3. The fraction of sp³-hybridized carbons (Fsp3) is 0.864. The van der Waals surface area contributed by atoms with E-state index in [-0.39, 0.29) is 23.9 Å². The summed E-state index contributed by atoms with van der Waals surface area (Å²) >= 11 is 0. The lowest BCUT2D eigenvalue weighted by Crippen LogP contribution is -2.31. The van der Waals surface area contributed by atoms with Gasteiger partial charge in [0.15, 0.2) is 0 Å². The van der Waals surface area contributed by atoms with Gasteiger partial charge in [0.25, 0.3) is 0 Å². The highest BCUT2D eigenvalue weighted by Crippen LogP contribution is 2.14. The molecule has 0 saturated carbocycles. The molecule has 0 spiro atoms. The number of amides is 1. The van der Waals surface area contributed by atoms with Gasteiger partial charge in [0.05, 0.1) is 6.61 Å². The quantitative estimate of drug-likeness (QED) is 0.263. The van der Waals surface area contributed by atoms with E-state index >= 15 is 0 Å². The highest BCUT2D eigenvalue weighted by Gasteiger charge is 2.14. The van der Waals surface area contributed by atoms with Crippen LogP contribution in [0.4, 0.5) is 0 Å². The number of ether oxygens (including phenoxy) is 2. The molecule has 0 aliphatic heterocycles. The fourth-order valence-electron chi connectivity index (χ4n) is 3.21. The van der Waals surface area contributed by atoms with E-state index in [1.54, 1.807) is 6.92 Å². The lowest BCUT2D eigenvalue weighted by Gasteiger charge is -2.23. The van der Waals surface area contributed by atoms with Gasteiger partial charge >= 0.3 is 11.9 Å². The van der Waals surface area contributed by atoms with Crippen molar-refractivity contribution in [1.29, 1.82) is 0 Å². The largest absolute Gasteiger partial charge is 0.466 e. The van der Waals surface area contributed by atoms with Crippen LogP contribution in [0.5, 0.6) is 0 Å². The number of rotatable bonds is 17. The number of carbonyl (C=O) groups excluding carboxylic acids is 3. The van der Waals surface area contributed by atoms with E-state index < -0.39 is 0 Å². The first-order valence-electron chi connectivity index (χ1n) is 11.0. The van der Waals surface area contributed by atoms with Crippen LogP contribution in [0.3, 0.4) is 0 Å². The second-order valence-corrected chi connectivity index (χ2v) is 7.34. The Hall–Kier alpha value is -1.59. The maximum atomic E-state index is 11.9. The lowest BCUT2D eigenvalue weighted by atomic mass is 10.1. The topological polar surface area (TPSA) is 72.9 Å². The summed E-state index contributed by atoms with van der Waals surface area (Å²) in [7, 11) is 0. The monoisotopic (exact) mass is 399 g/mol. The minimum atomic E-state index is -0.229. The molecule has 0 aliphatic rings. The van der Waals surface area contributed by atoms with Gasteiger partial charge in [-0.15, -0.1) is 0 Å². The Labute approximate surface area is 171 Å². The zero-order chi connectivity index (χ0) is 21.2. The molecule has 0 aliphatic carbocycles. The van der Waals surface area contributed by atoms with Crippen LogP contribution in [0.2, 0.25) is 0 Å². The van der Waals surface area contributed by atoms with E-state index in [0.29, 0.717) is 19.6 Å². The second kappa shape index (κ2) is 17.5. The van der Waals surface area contributed by atoms with Crippen molar-refractivity contribution in [2.24, 2.45) is 0 Å². The van der Waals surface area contributed by atoms with Gasteiger partial charge in [-0.3, -0.25) is 14.4 Å². The Morgan fingerprint density at radius 3 is 2.07 bits per heavy atom. The summed E-state index contributed by atoms with van der Waals surface area (Å²) in [6.45, 7) is 8.90. The zero-order valence-electron chi connectivity index (χ0n) is 18.5. The third-order valence-electron chi connectivity index (χ3n) is 4.73. The van der Waals surface area contributed by atoms with Gasteiger partial charge in [-0.1, -0.05) is 32.6 Å². The van der Waals surface area contributed by atoms with Gasteiger partial charge in [-0.05, 0) is 45.4 Å². The van der Waals surface area contributed by atoms with Crippen molar-refractivity contribution >= 4 is 17.8 Å². The molecule has 0 aromatic carbocycles. The van der Waals surface area contributed by atoms with Crippen molar-refractivity contribution in [2.75, 3.05) is 19.7 Å². The minimum Gasteiger partial charge on any atom is -0.466 e. The fourth-order valence-corrected chi connectivity index (χ4v) is 3.21. The minimum absolute atomic E-state index is 0.0410. The molecular weight excluding hydrogens is 358 g/mol. The normalized spacial score (nSPS) is 11.7. The summed E-state index contributed by atoms with van der Waals surface area (Å²) in [5.41, 5.74) is 0. The first-order valence-corrected chi connectivity index (χ1v) is 11.0. The number of unbranched alkanes of at least 4 members (excludes halogenated alkanes) is 5. The molecule has 0 N–H and O–H groups in total. The molecule has 0 aromatic rings. The number of esters is 2. The number of hydrogen-bond donors (Lipinski definition) is 0. The van der Waals surface area contributed by atoms with E-state index in [0.717, 1.165) is 70.8 Å². The van der Waals surface area contributed by atoms with Crippen LogP contribution >= 0.6 is 0 Å². The van der Waals surface area contributed by atoms with Crippen molar-refractivity contribution in [2.45, 2.75) is 104 Å². The summed E-state index contributed by atoms with van der Waals surface area (Å²) in [4.78, 5) is 36.3. The zero-order valence-corrected chi connectivity index (χ0v) is 18.5. The number of hydrogen-bond acceptors (Lipinski definition) is 5. The number of nitrogens with zero attached hydrogens (tertiary/aromatic N) is 1. The molecule has 28 heavy (non-hydrogen) atoms. The van der Waals surface area contributed by atoms with Crippen molar-refractivity contribution in [3.05, 3.63) is 0 Å². The molecule has 1 atom stereocenters. The first kappa shape index (κ1) is 26.4. The average molecular weight is 400 g/mol. The van der Waals surface area contributed by atoms with Crippen LogP contribution in [-0.2, 0) is 23.9 Å². The molecule has 6 heteroatoms. The van der Waals surface area contributed by atoms with Crippen molar-refractivity contribution in [3.63, 3.8) is 0 Å². The van der Waals surface area contributed by atoms with Gasteiger partial charge in [-0.2, -0.15) is 0 Å². The Bertz CT molecular complexity index is 439. The Balaban J connectivity index is 4.06. The molecule has 0 radical (unpaired) electrons. The van der Waals surface area contributed by atoms with Crippen LogP contribution in [0.25, 0.3) is 0 Å². The highest BCUT2D eigenvalue weighted by atomic mass is 16.5. The maximum absolute atomic E-state index is 11.9. The molecule has 1 amide bonds. The predicted molar refractivity (Wildman–Crippen MR) is 111 cm³/mol. The second-order valence-electron chi connectivity index (χ2n) is 7.34. The van der Waals surface area contributed by atoms with Crippen LogP contribution in [0.15, 0.2) is 0 Å². The average Bonchev–Trinajstić information content (AvgIpc) is 2.62. The molecule has 0 heterocycles. The summed E-state index contributed by atoms with van der Waals surface area (Å²) in [5, 5.41) is 0. The Morgan fingerprint density at radius 1 is 0.821 bits per heavy atom. The molecule has 0 bridgehead atoms. The third kappa shape index (κ3) is 15.5. The van der Waals surface area contributed by atoms with Crippen LogP contribution < -0.4 is 0 Å². The van der Waals surface area contributed by atoms with Gasteiger partial charge in [-0.25, -0.2) is 0 Å². The van der Waals surface area contributed by atoms with E-state index in [9.17, 15) is 14.4 Å². The molecule has 1 unspecified atom stereocenters. The summed E-state index contributed by atoms with van der Waals surface area (Å²) in [5.74, 6) is -0.275. The van der Waals surface area contributed by atoms with Crippen molar-refractivity contribution in [1.82, 2.24) is 4.90 Å². The third-order valence-corrected chi connectivity index (χ3v) is 4.73. The van der Waals surface area contributed by atoms with Crippen LogP contribution in [-0.4, -0.2) is 48.5 Å². The smallest absolute Gasteiger partial charge is 0.305 e. The molecule has 0 rings (SSSR count). The molecular formula is C22H41NO5. The van der Waals surface area contributed by atoms with E-state index in [1.165, 1.54) is 6.92 Å². The number of carbonyl (C=O) groups is 3. The van der Waals surface area contributed by atoms with E-state index in [4.69, 9.17) is 9.47 Å². The van der Waals surface area contributed by atoms with E-state index in [2.05, 4.69) is 6.92 Å². The van der Waals surface area contributed by atoms with Gasteiger partial charge in [0.1, 0.15) is 6.10 Å². The highest BCUT2D eigenvalue weighted by molar-refractivity contribution is 5.73. The molecule has 6 nitrogen and oxygen atoms in total. The predicted octanol–water partition coefficient (Wildman–Crippen LogP) is 4.64. The first-order chi connectivity index (χ1) is 13.4. The summed E-state index contributed by atoms with van der Waals surface area (Å²) in [6.07, 6.45) is 10.1. The molecule has 0 saturated heterocycles. The Morgan fingerprint density at radius 2 is 1.46 bits per heavy atom. The van der Waals surface area contributed by atoms with Crippen molar-refractivity contribution < 1.29 is 23.9 Å². The maximum Gasteiger partial charge on any atom is 0.305 e. The summed E-state index contributed by atoms with van der Waals surface area (Å²) in [6, 6.07) is 0. The SMILES string of the molecule is CCCCCC(CCCN(CCCCCCC(=O)OCC)C(C)=O)OC(C)=O. The van der Waals surface area contributed by atoms with Gasteiger partial charge in [0.2, 0.25) is 5.91 Å². The van der Waals surface area contributed by atoms with Crippen LogP contribution in [0, 0.1) is 0 Å². The molecule has 0 aromatic heterocycles. The van der Waals surface area contributed by atoms with Crippen LogP contribution in [0.1, 0.15) is 98.3 Å². The Kier molecular flexibility index (Phi) is 16.5. The molecule has 164 valence electrons. The lowest BCUT2D eigenvalue weighted by molar-refractivity contribution is -0.147. The van der Waals surface area contributed by atoms with Crippen molar-refractivity contribution in [3.8, 4) is 0 Å².